The molecule has 32 heavy (non-hydrogen) atoms. The smallest absolute Gasteiger partial charge is 0.254 e. The number of fused-ring (bicyclic) bond motifs is 1. The average molecular weight is 434 g/mol. The van der Waals surface area contributed by atoms with E-state index in [2.05, 4.69) is 15.4 Å². The number of rotatable bonds is 4. The number of hydrogen-bond acceptors (Lipinski definition) is 4. The molecule has 2 N–H and O–H groups in total. The summed E-state index contributed by atoms with van der Waals surface area (Å²) in [7, 11) is 1.88. The first kappa shape index (κ1) is 20.5. The average Bonchev–Trinajstić information content (AvgIpc) is 3.38. The van der Waals surface area contributed by atoms with Crippen LogP contribution in [0.2, 0.25) is 0 Å². The van der Waals surface area contributed by atoms with Crippen molar-refractivity contribution in [1.29, 1.82) is 0 Å². The first-order chi connectivity index (χ1) is 15.4. The molecule has 1 atom stereocenters. The van der Waals surface area contributed by atoms with Gasteiger partial charge >= 0.3 is 0 Å². The summed E-state index contributed by atoms with van der Waals surface area (Å²) in [5.74, 6) is -0.0194. The SMILES string of the molecule is Cc1cc(CNC(=O)C2CC23CCN(C(=O)c2cc(=O)[nH]c4ccccc24)CC3)n(C)n1. The molecule has 1 aromatic carbocycles. The summed E-state index contributed by atoms with van der Waals surface area (Å²) in [6.45, 7) is 3.61. The molecule has 8 heteroatoms. The fraction of sp³-hybridized carbons (Fsp3) is 0.417. The molecule has 1 saturated heterocycles. The molecule has 1 unspecified atom stereocenters. The quantitative estimate of drug-likeness (QED) is 0.658. The monoisotopic (exact) mass is 433 g/mol. The summed E-state index contributed by atoms with van der Waals surface area (Å²) in [6, 6.07) is 10.7. The Kier molecular flexibility index (Phi) is 4.87. The first-order valence-corrected chi connectivity index (χ1v) is 11.0. The Balaban J connectivity index is 1.21. The minimum Gasteiger partial charge on any atom is -0.350 e. The van der Waals surface area contributed by atoms with E-state index in [0.717, 1.165) is 36.0 Å². The third-order valence-corrected chi connectivity index (χ3v) is 7.08. The molecule has 8 nitrogen and oxygen atoms in total. The lowest BCUT2D eigenvalue weighted by molar-refractivity contribution is -0.123. The van der Waals surface area contributed by atoms with Gasteiger partial charge in [-0.1, -0.05) is 18.2 Å². The van der Waals surface area contributed by atoms with Gasteiger partial charge in [-0.05, 0) is 43.7 Å². The van der Waals surface area contributed by atoms with Gasteiger partial charge in [-0.25, -0.2) is 0 Å². The van der Waals surface area contributed by atoms with Gasteiger partial charge in [0.1, 0.15) is 0 Å². The maximum atomic E-state index is 13.2. The molecule has 1 spiro atoms. The van der Waals surface area contributed by atoms with E-state index in [9.17, 15) is 14.4 Å². The second kappa shape index (κ2) is 7.62. The van der Waals surface area contributed by atoms with Gasteiger partial charge in [0, 0.05) is 43.0 Å². The first-order valence-electron chi connectivity index (χ1n) is 11.0. The number of likely N-dealkylation sites (tertiary alicyclic amines) is 1. The Morgan fingerprint density at radius 2 is 1.97 bits per heavy atom. The van der Waals surface area contributed by atoms with Gasteiger partial charge in [0.2, 0.25) is 11.5 Å². The minimum absolute atomic E-state index is 0.000529. The molecule has 2 fully saturated rings. The number of carbonyl (C=O) groups is 2. The number of amides is 2. The number of para-hydroxylation sites is 1. The maximum absolute atomic E-state index is 13.2. The summed E-state index contributed by atoms with van der Waals surface area (Å²) in [5.41, 5.74) is 2.75. The Bertz CT molecular complexity index is 1270. The van der Waals surface area contributed by atoms with Gasteiger partial charge < -0.3 is 15.2 Å². The van der Waals surface area contributed by atoms with Crippen molar-refractivity contribution in [2.45, 2.75) is 32.7 Å². The third-order valence-electron chi connectivity index (χ3n) is 7.08. The standard InChI is InChI=1S/C24H27N5O3/c1-15-11-16(28(2)27-15)14-25-22(31)19-13-24(19)7-9-29(10-8-24)23(32)18-12-21(30)26-20-6-4-3-5-17(18)20/h3-6,11-12,19H,7-10,13-14H2,1-2H3,(H,25,31)(H,26,30). The fourth-order valence-electron chi connectivity index (χ4n) is 5.11. The summed E-state index contributed by atoms with van der Waals surface area (Å²) >= 11 is 0. The lowest BCUT2D eigenvalue weighted by atomic mass is 9.90. The Labute approximate surface area is 185 Å². The molecule has 0 radical (unpaired) electrons. The molecule has 2 aromatic heterocycles. The highest BCUT2D eigenvalue weighted by Crippen LogP contribution is 2.59. The van der Waals surface area contributed by atoms with E-state index >= 15 is 0 Å². The minimum atomic E-state index is -0.275. The Morgan fingerprint density at radius 1 is 1.22 bits per heavy atom. The molecule has 3 heterocycles. The number of carbonyl (C=O) groups excluding carboxylic acids is 2. The van der Waals surface area contributed by atoms with Gasteiger partial charge in [-0.15, -0.1) is 0 Å². The van der Waals surface area contributed by atoms with Crippen molar-refractivity contribution in [3.63, 3.8) is 0 Å². The van der Waals surface area contributed by atoms with E-state index in [-0.39, 0.29) is 28.7 Å². The third kappa shape index (κ3) is 3.59. The molecular weight excluding hydrogens is 406 g/mol. The van der Waals surface area contributed by atoms with Gasteiger partial charge in [-0.3, -0.25) is 19.1 Å². The highest BCUT2D eigenvalue weighted by Gasteiger charge is 2.58. The van der Waals surface area contributed by atoms with E-state index in [1.807, 2.05) is 43.1 Å². The number of aryl methyl sites for hydroxylation is 2. The summed E-state index contributed by atoms with van der Waals surface area (Å²) in [6.07, 6.45) is 2.49. The summed E-state index contributed by atoms with van der Waals surface area (Å²) in [4.78, 5) is 42.6. The van der Waals surface area contributed by atoms with Crippen molar-refractivity contribution in [3.05, 3.63) is 63.7 Å². The van der Waals surface area contributed by atoms with Crippen molar-refractivity contribution in [2.24, 2.45) is 18.4 Å². The van der Waals surface area contributed by atoms with Gasteiger partial charge in [0.25, 0.3) is 5.91 Å². The van der Waals surface area contributed by atoms with Crippen LogP contribution in [0, 0.1) is 18.3 Å². The molecule has 1 aliphatic carbocycles. The topological polar surface area (TPSA) is 100 Å². The zero-order chi connectivity index (χ0) is 22.5. The molecule has 5 rings (SSSR count). The predicted molar refractivity (Wildman–Crippen MR) is 120 cm³/mol. The number of nitrogens with zero attached hydrogens (tertiary/aromatic N) is 3. The van der Waals surface area contributed by atoms with Crippen molar-refractivity contribution >= 4 is 22.7 Å². The normalized spacial score (nSPS) is 19.3. The van der Waals surface area contributed by atoms with E-state index in [1.165, 1.54) is 6.07 Å². The molecule has 2 amide bonds. The lowest BCUT2D eigenvalue weighted by Gasteiger charge is -2.33. The van der Waals surface area contributed by atoms with E-state index < -0.39 is 0 Å². The second-order valence-electron chi connectivity index (χ2n) is 9.12. The Morgan fingerprint density at radius 3 is 2.69 bits per heavy atom. The molecule has 2 aliphatic rings. The highest BCUT2D eigenvalue weighted by atomic mass is 16.2. The van der Waals surface area contributed by atoms with Crippen LogP contribution in [0.3, 0.4) is 0 Å². The number of nitrogens with one attached hydrogen (secondary N) is 2. The number of aromatic amines is 1. The molecule has 0 bridgehead atoms. The van der Waals surface area contributed by atoms with Crippen LogP contribution < -0.4 is 10.9 Å². The number of pyridine rings is 1. The summed E-state index contributed by atoms with van der Waals surface area (Å²) in [5, 5.41) is 8.12. The Hall–Kier alpha value is -3.42. The zero-order valence-electron chi connectivity index (χ0n) is 18.4. The maximum Gasteiger partial charge on any atom is 0.254 e. The van der Waals surface area contributed by atoms with Crippen molar-refractivity contribution < 1.29 is 9.59 Å². The van der Waals surface area contributed by atoms with Gasteiger partial charge in [0.15, 0.2) is 0 Å². The summed E-state index contributed by atoms with van der Waals surface area (Å²) < 4.78 is 1.79. The molecule has 1 aliphatic heterocycles. The van der Waals surface area contributed by atoms with E-state index in [4.69, 9.17) is 0 Å². The van der Waals surface area contributed by atoms with Crippen LogP contribution in [0.4, 0.5) is 0 Å². The highest BCUT2D eigenvalue weighted by molar-refractivity contribution is 6.06. The molecular formula is C24H27N5O3. The van der Waals surface area contributed by atoms with Crippen LogP contribution in [0.15, 0.2) is 41.2 Å². The predicted octanol–water partition coefficient (Wildman–Crippen LogP) is 2.13. The van der Waals surface area contributed by atoms with Crippen LogP contribution in [0.5, 0.6) is 0 Å². The number of H-pyrrole nitrogens is 1. The number of hydrogen-bond donors (Lipinski definition) is 2. The molecule has 166 valence electrons. The second-order valence-corrected chi connectivity index (χ2v) is 9.12. The van der Waals surface area contributed by atoms with E-state index in [0.29, 0.717) is 30.7 Å². The van der Waals surface area contributed by atoms with E-state index in [1.54, 1.807) is 10.7 Å². The van der Waals surface area contributed by atoms with Crippen LogP contribution in [0.1, 0.15) is 41.0 Å². The fourth-order valence-corrected chi connectivity index (χ4v) is 5.11. The van der Waals surface area contributed by atoms with Crippen LogP contribution in [0.25, 0.3) is 10.9 Å². The van der Waals surface area contributed by atoms with Crippen LogP contribution in [-0.4, -0.2) is 44.6 Å². The van der Waals surface area contributed by atoms with Crippen LogP contribution >= 0.6 is 0 Å². The zero-order valence-corrected chi connectivity index (χ0v) is 18.4. The number of aromatic nitrogens is 3. The van der Waals surface area contributed by atoms with Gasteiger partial charge in [0.05, 0.1) is 23.5 Å². The van der Waals surface area contributed by atoms with Gasteiger partial charge in [-0.2, -0.15) is 5.10 Å². The molecule has 3 aromatic rings. The van der Waals surface area contributed by atoms with Crippen molar-refractivity contribution in [1.82, 2.24) is 25.0 Å². The largest absolute Gasteiger partial charge is 0.350 e. The lowest BCUT2D eigenvalue weighted by Crippen LogP contribution is -2.41. The van der Waals surface area contributed by atoms with Crippen molar-refractivity contribution in [2.75, 3.05) is 13.1 Å². The molecule has 1 saturated carbocycles. The van der Waals surface area contributed by atoms with Crippen LogP contribution in [-0.2, 0) is 18.4 Å². The number of benzene rings is 1. The van der Waals surface area contributed by atoms with Crippen molar-refractivity contribution in [3.8, 4) is 0 Å². The number of piperidine rings is 1.